The van der Waals surface area contributed by atoms with Crippen molar-refractivity contribution in [2.24, 2.45) is 5.73 Å². The highest BCUT2D eigenvalue weighted by Gasteiger charge is 2.13. The van der Waals surface area contributed by atoms with Gasteiger partial charge in [0.15, 0.2) is 5.82 Å². The molecule has 0 aromatic carbocycles. The third kappa shape index (κ3) is 2.21. The summed E-state index contributed by atoms with van der Waals surface area (Å²) < 4.78 is 1.95. The van der Waals surface area contributed by atoms with E-state index in [2.05, 4.69) is 27.0 Å². The summed E-state index contributed by atoms with van der Waals surface area (Å²) in [6, 6.07) is 0. The molecule has 2 N–H and O–H groups in total. The van der Waals surface area contributed by atoms with E-state index in [1.165, 1.54) is 0 Å². The largest absolute Gasteiger partial charge is 0.352 e. The molecule has 0 spiro atoms. The van der Waals surface area contributed by atoms with Crippen LogP contribution in [0.3, 0.4) is 0 Å². The molecular formula is C11H18N6. The van der Waals surface area contributed by atoms with Gasteiger partial charge in [0.2, 0.25) is 5.65 Å². The first-order valence-corrected chi connectivity index (χ1v) is 5.89. The van der Waals surface area contributed by atoms with E-state index < -0.39 is 0 Å². The average molecular weight is 234 g/mol. The molecule has 0 radical (unpaired) electrons. The van der Waals surface area contributed by atoms with Crippen molar-refractivity contribution in [2.45, 2.75) is 20.3 Å². The first-order valence-electron chi connectivity index (χ1n) is 5.89. The minimum atomic E-state index is 0.607. The zero-order chi connectivity index (χ0) is 12.3. The maximum Gasteiger partial charge on any atom is 0.203 e. The van der Waals surface area contributed by atoms with Crippen molar-refractivity contribution in [3.05, 3.63) is 18.2 Å². The number of fused-ring (bicyclic) bond motifs is 1. The van der Waals surface area contributed by atoms with E-state index >= 15 is 0 Å². The summed E-state index contributed by atoms with van der Waals surface area (Å²) in [6.45, 7) is 6.38. The predicted molar refractivity (Wildman–Crippen MR) is 67.1 cm³/mol. The van der Waals surface area contributed by atoms with Gasteiger partial charge < -0.3 is 10.6 Å². The van der Waals surface area contributed by atoms with Crippen LogP contribution in [0.1, 0.15) is 19.2 Å². The molecule has 2 aromatic rings. The van der Waals surface area contributed by atoms with Crippen LogP contribution in [0.2, 0.25) is 0 Å². The Balaban J connectivity index is 2.44. The maximum atomic E-state index is 5.63. The number of hydrogen-bond donors (Lipinski definition) is 1. The molecule has 0 saturated carbocycles. The molecule has 6 heteroatoms. The Kier molecular flexibility index (Phi) is 3.53. The Morgan fingerprint density at radius 2 is 2.18 bits per heavy atom. The van der Waals surface area contributed by atoms with Gasteiger partial charge in [-0.1, -0.05) is 6.92 Å². The summed E-state index contributed by atoms with van der Waals surface area (Å²) >= 11 is 0. The van der Waals surface area contributed by atoms with Crippen LogP contribution in [0.15, 0.2) is 12.4 Å². The minimum absolute atomic E-state index is 0.607. The number of anilines is 1. The number of hydrogen-bond acceptors (Lipinski definition) is 5. The van der Waals surface area contributed by atoms with Crippen LogP contribution in [0, 0.1) is 6.92 Å². The molecule has 0 aliphatic rings. The Morgan fingerprint density at radius 1 is 1.35 bits per heavy atom. The molecule has 0 saturated heterocycles. The summed E-state index contributed by atoms with van der Waals surface area (Å²) in [5.41, 5.74) is 6.43. The quantitative estimate of drug-likeness (QED) is 0.820. The molecule has 2 rings (SSSR count). The van der Waals surface area contributed by atoms with Crippen molar-refractivity contribution in [2.75, 3.05) is 24.5 Å². The van der Waals surface area contributed by atoms with E-state index in [0.29, 0.717) is 6.54 Å². The average Bonchev–Trinajstić information content (AvgIpc) is 2.71. The van der Waals surface area contributed by atoms with Gasteiger partial charge in [-0.25, -0.2) is 4.98 Å². The van der Waals surface area contributed by atoms with Gasteiger partial charge in [-0.3, -0.25) is 4.40 Å². The first-order chi connectivity index (χ1) is 8.27. The highest BCUT2D eigenvalue weighted by molar-refractivity contribution is 5.63. The van der Waals surface area contributed by atoms with Gasteiger partial charge in [0.25, 0.3) is 0 Å². The molecule has 0 unspecified atom stereocenters. The number of nitrogens with two attached hydrogens (primary N) is 1. The molecule has 0 aliphatic carbocycles. The lowest BCUT2D eigenvalue weighted by atomic mass is 10.4. The maximum absolute atomic E-state index is 5.63. The van der Waals surface area contributed by atoms with Gasteiger partial charge in [-0.2, -0.15) is 0 Å². The van der Waals surface area contributed by atoms with Crippen LogP contribution in [0.4, 0.5) is 5.82 Å². The van der Waals surface area contributed by atoms with Crippen LogP contribution in [0.25, 0.3) is 5.65 Å². The van der Waals surface area contributed by atoms with Gasteiger partial charge in [0, 0.05) is 32.0 Å². The summed E-state index contributed by atoms with van der Waals surface area (Å²) in [4.78, 5) is 6.56. The first kappa shape index (κ1) is 11.8. The van der Waals surface area contributed by atoms with Crippen molar-refractivity contribution in [3.8, 4) is 0 Å². The van der Waals surface area contributed by atoms with E-state index in [1.54, 1.807) is 6.20 Å². The van der Waals surface area contributed by atoms with E-state index in [4.69, 9.17) is 5.73 Å². The van der Waals surface area contributed by atoms with Crippen molar-refractivity contribution >= 4 is 11.5 Å². The normalized spacial score (nSPS) is 11.0. The Hall–Kier alpha value is -1.69. The topological polar surface area (TPSA) is 72.3 Å². The Bertz CT molecular complexity index is 486. The molecule has 0 aliphatic heterocycles. The van der Waals surface area contributed by atoms with Crippen molar-refractivity contribution in [1.29, 1.82) is 0 Å². The molecule has 2 heterocycles. The molecule has 0 fully saturated rings. The molecule has 6 nitrogen and oxygen atoms in total. The lowest BCUT2D eigenvalue weighted by molar-refractivity contribution is 0.750. The Morgan fingerprint density at radius 3 is 2.88 bits per heavy atom. The number of aromatic nitrogens is 4. The summed E-state index contributed by atoms with van der Waals surface area (Å²) in [5, 5.41) is 8.25. The van der Waals surface area contributed by atoms with Crippen LogP contribution in [-0.4, -0.2) is 39.2 Å². The van der Waals surface area contributed by atoms with Crippen LogP contribution >= 0.6 is 0 Å². The molecule has 92 valence electrons. The predicted octanol–water partition coefficient (Wildman–Crippen LogP) is 0.608. The van der Waals surface area contributed by atoms with Crippen molar-refractivity contribution in [1.82, 2.24) is 19.6 Å². The highest BCUT2D eigenvalue weighted by atomic mass is 15.3. The molecule has 0 atom stereocenters. The highest BCUT2D eigenvalue weighted by Crippen LogP contribution is 2.17. The number of nitrogens with zero attached hydrogens (tertiary/aromatic N) is 5. The van der Waals surface area contributed by atoms with Gasteiger partial charge in [-0.05, 0) is 13.3 Å². The van der Waals surface area contributed by atoms with Crippen LogP contribution in [-0.2, 0) is 0 Å². The second-order valence-electron chi connectivity index (χ2n) is 3.97. The lowest BCUT2D eigenvalue weighted by Gasteiger charge is -2.22. The smallest absolute Gasteiger partial charge is 0.203 e. The summed E-state index contributed by atoms with van der Waals surface area (Å²) in [5.74, 6) is 1.73. The monoisotopic (exact) mass is 234 g/mol. The minimum Gasteiger partial charge on any atom is -0.352 e. The fourth-order valence-corrected chi connectivity index (χ4v) is 1.90. The fourth-order valence-electron chi connectivity index (χ4n) is 1.90. The van der Waals surface area contributed by atoms with Gasteiger partial charge in [-0.15, -0.1) is 10.2 Å². The van der Waals surface area contributed by atoms with E-state index in [9.17, 15) is 0 Å². The van der Waals surface area contributed by atoms with E-state index in [1.807, 2.05) is 17.5 Å². The zero-order valence-electron chi connectivity index (χ0n) is 10.3. The van der Waals surface area contributed by atoms with Crippen LogP contribution < -0.4 is 10.6 Å². The molecular weight excluding hydrogens is 216 g/mol. The van der Waals surface area contributed by atoms with Gasteiger partial charge in [0.05, 0.1) is 0 Å². The van der Waals surface area contributed by atoms with Gasteiger partial charge >= 0.3 is 0 Å². The second kappa shape index (κ2) is 5.09. The van der Waals surface area contributed by atoms with Crippen molar-refractivity contribution in [3.63, 3.8) is 0 Å². The van der Waals surface area contributed by atoms with Crippen LogP contribution in [0.5, 0.6) is 0 Å². The Labute approximate surface area is 100 Å². The zero-order valence-corrected chi connectivity index (χ0v) is 10.3. The standard InChI is InChI=1S/C11H18N6/c1-3-6-16(7-4-12)10-11-15-14-9(2)17(11)8-5-13-10/h5,8H,3-4,6-7,12H2,1-2H3. The van der Waals surface area contributed by atoms with E-state index in [0.717, 1.165) is 36.8 Å². The number of aryl methyl sites for hydroxylation is 1. The third-order valence-electron chi connectivity index (χ3n) is 2.67. The molecule has 2 aromatic heterocycles. The van der Waals surface area contributed by atoms with Crippen molar-refractivity contribution < 1.29 is 0 Å². The molecule has 0 bridgehead atoms. The number of rotatable bonds is 5. The second-order valence-corrected chi connectivity index (χ2v) is 3.97. The summed E-state index contributed by atoms with van der Waals surface area (Å²) in [6.07, 6.45) is 4.70. The van der Waals surface area contributed by atoms with Gasteiger partial charge in [0.1, 0.15) is 5.82 Å². The SMILES string of the molecule is CCCN(CCN)c1nccn2c(C)nnc12. The summed E-state index contributed by atoms with van der Waals surface area (Å²) in [7, 11) is 0. The fraction of sp³-hybridized carbons (Fsp3) is 0.545. The molecule has 17 heavy (non-hydrogen) atoms. The lowest BCUT2D eigenvalue weighted by Crippen LogP contribution is -2.31. The molecule has 0 amide bonds. The third-order valence-corrected chi connectivity index (χ3v) is 2.67. The van der Waals surface area contributed by atoms with E-state index in [-0.39, 0.29) is 0 Å².